The summed E-state index contributed by atoms with van der Waals surface area (Å²) in [4.78, 5) is 23.5. The van der Waals surface area contributed by atoms with E-state index in [4.69, 9.17) is 9.73 Å². The van der Waals surface area contributed by atoms with Gasteiger partial charge < -0.3 is 9.72 Å². The Labute approximate surface area is 183 Å². The smallest absolute Gasteiger partial charge is 0.181 e. The Bertz CT molecular complexity index is 1130. The third-order valence-corrected chi connectivity index (χ3v) is 7.00. The van der Waals surface area contributed by atoms with Crippen LogP contribution in [0.2, 0.25) is 0 Å². The number of methoxy groups -OCH3 is 1. The van der Waals surface area contributed by atoms with Gasteiger partial charge in [0.1, 0.15) is 5.75 Å². The topological polar surface area (TPSA) is 57.5 Å². The molecule has 0 amide bonds. The number of ether oxygens (including phenoxy) is 1. The highest BCUT2D eigenvalue weighted by molar-refractivity contribution is 6.07. The lowest BCUT2D eigenvalue weighted by molar-refractivity contribution is -0.111. The van der Waals surface area contributed by atoms with Crippen LogP contribution < -0.4 is 4.74 Å². The molecule has 1 aromatic heterocycles. The molecule has 162 valence electrons. The largest absolute Gasteiger partial charge is 0.497 e. The van der Waals surface area contributed by atoms with Gasteiger partial charge in [0.25, 0.3) is 0 Å². The molecule has 1 fully saturated rings. The van der Waals surface area contributed by atoms with Gasteiger partial charge in [0.15, 0.2) is 5.78 Å². The molecule has 2 atom stereocenters. The maximum Gasteiger partial charge on any atom is 0.181 e. The number of hydrogen-bond acceptors (Lipinski definition) is 4. The van der Waals surface area contributed by atoms with Gasteiger partial charge in [-0.15, -0.1) is 0 Å². The summed E-state index contributed by atoms with van der Waals surface area (Å²) < 4.78 is 5.42. The van der Waals surface area contributed by atoms with Crippen molar-refractivity contribution < 1.29 is 9.53 Å². The first-order chi connectivity index (χ1) is 15.0. The third-order valence-electron chi connectivity index (χ3n) is 7.00. The fourth-order valence-electron chi connectivity index (χ4n) is 5.18. The van der Waals surface area contributed by atoms with Gasteiger partial charge in [-0.3, -0.25) is 14.7 Å². The monoisotopic (exact) mass is 417 g/mol. The van der Waals surface area contributed by atoms with E-state index in [1.165, 1.54) is 27.9 Å². The summed E-state index contributed by atoms with van der Waals surface area (Å²) in [6.07, 6.45) is 5.96. The van der Waals surface area contributed by atoms with E-state index in [-0.39, 0.29) is 11.7 Å². The van der Waals surface area contributed by atoms with Crippen LogP contribution >= 0.6 is 0 Å². The van der Waals surface area contributed by atoms with E-state index in [1.54, 1.807) is 7.11 Å². The Morgan fingerprint density at radius 1 is 1.29 bits per heavy atom. The van der Waals surface area contributed by atoms with Crippen molar-refractivity contribution in [1.29, 1.82) is 0 Å². The van der Waals surface area contributed by atoms with E-state index in [0.29, 0.717) is 12.0 Å². The molecule has 0 radical (unpaired) electrons. The molecule has 0 saturated carbocycles. The van der Waals surface area contributed by atoms with Crippen LogP contribution in [0.5, 0.6) is 5.75 Å². The second-order valence-electron chi connectivity index (χ2n) is 9.31. The minimum absolute atomic E-state index is 0.159. The van der Waals surface area contributed by atoms with Gasteiger partial charge in [-0.2, -0.15) is 0 Å². The van der Waals surface area contributed by atoms with E-state index < -0.39 is 0 Å². The van der Waals surface area contributed by atoms with Gasteiger partial charge in [-0.05, 0) is 48.6 Å². The van der Waals surface area contributed by atoms with Crippen LogP contribution in [0, 0.1) is 11.8 Å². The van der Waals surface area contributed by atoms with Gasteiger partial charge in [0, 0.05) is 55.0 Å². The van der Waals surface area contributed by atoms with Crippen LogP contribution in [0.3, 0.4) is 0 Å². The predicted octanol–water partition coefficient (Wildman–Crippen LogP) is 4.32. The molecule has 3 heterocycles. The van der Waals surface area contributed by atoms with Gasteiger partial charge in [-0.25, -0.2) is 0 Å². The van der Waals surface area contributed by atoms with Crippen molar-refractivity contribution in [3.05, 3.63) is 52.8 Å². The molecule has 2 aromatic rings. The van der Waals surface area contributed by atoms with Crippen LogP contribution in [-0.4, -0.2) is 54.2 Å². The van der Waals surface area contributed by atoms with Crippen molar-refractivity contribution in [3.8, 4) is 5.75 Å². The van der Waals surface area contributed by atoms with Crippen LogP contribution in [0.4, 0.5) is 0 Å². The number of aromatic amines is 1. The molecule has 3 aliphatic rings. The van der Waals surface area contributed by atoms with Gasteiger partial charge >= 0.3 is 0 Å². The van der Waals surface area contributed by atoms with Crippen molar-refractivity contribution in [2.24, 2.45) is 16.8 Å². The summed E-state index contributed by atoms with van der Waals surface area (Å²) >= 11 is 0. The van der Waals surface area contributed by atoms with Crippen molar-refractivity contribution in [2.45, 2.75) is 39.7 Å². The van der Waals surface area contributed by atoms with Crippen LogP contribution in [0.1, 0.15) is 38.4 Å². The van der Waals surface area contributed by atoms with Gasteiger partial charge in [0.05, 0.1) is 18.5 Å². The average molecular weight is 418 g/mol. The normalized spacial score (nSPS) is 22.2. The number of aromatic nitrogens is 1. The minimum atomic E-state index is 0.159. The number of nitrogens with one attached hydrogen (secondary N) is 1. The van der Waals surface area contributed by atoms with Gasteiger partial charge in [0.2, 0.25) is 0 Å². The first-order valence-electron chi connectivity index (χ1n) is 11.4. The average Bonchev–Trinajstić information content (AvgIpc) is 3.53. The molecule has 2 unspecified atom stereocenters. The Balaban J connectivity index is 1.50. The summed E-state index contributed by atoms with van der Waals surface area (Å²) in [5.74, 6) is 1.64. The number of fused-ring (bicyclic) bond motifs is 3. The number of carbonyl (C=O) groups excluding carboxylic acids is 1. The Morgan fingerprint density at radius 2 is 2.10 bits per heavy atom. The maximum atomic E-state index is 12.4. The quantitative estimate of drug-likeness (QED) is 0.712. The number of H-pyrrole nitrogens is 1. The Hall–Kier alpha value is -2.66. The second-order valence-corrected chi connectivity index (χ2v) is 9.31. The first kappa shape index (κ1) is 20.3. The van der Waals surface area contributed by atoms with E-state index in [2.05, 4.69) is 41.9 Å². The zero-order chi connectivity index (χ0) is 21.7. The molecule has 2 aliphatic heterocycles. The lowest BCUT2D eigenvalue weighted by atomic mass is 9.77. The van der Waals surface area contributed by atoms with Crippen molar-refractivity contribution in [3.63, 3.8) is 0 Å². The molecule has 0 spiro atoms. The summed E-state index contributed by atoms with van der Waals surface area (Å²) in [7, 11) is 1.70. The summed E-state index contributed by atoms with van der Waals surface area (Å²) in [5.41, 5.74) is 6.96. The van der Waals surface area contributed by atoms with Crippen molar-refractivity contribution >= 4 is 22.4 Å². The maximum absolute atomic E-state index is 12.4. The summed E-state index contributed by atoms with van der Waals surface area (Å²) in [5, 5.41) is 1.27. The number of allylic oxidation sites excluding steroid dienone is 2. The summed E-state index contributed by atoms with van der Waals surface area (Å²) in [6, 6.07) is 6.60. The molecule has 1 N–H and O–H groups in total. The highest BCUT2D eigenvalue weighted by Crippen LogP contribution is 2.37. The number of nitrogens with zero attached hydrogens (tertiary/aromatic N) is 2. The van der Waals surface area contributed by atoms with Crippen molar-refractivity contribution in [2.75, 3.05) is 26.7 Å². The van der Waals surface area contributed by atoms with Crippen molar-refractivity contribution in [1.82, 2.24) is 9.88 Å². The van der Waals surface area contributed by atoms with E-state index in [9.17, 15) is 4.79 Å². The molecule has 0 bridgehead atoms. The van der Waals surface area contributed by atoms with Crippen LogP contribution in [-0.2, 0) is 11.2 Å². The predicted molar refractivity (Wildman–Crippen MR) is 125 cm³/mol. The van der Waals surface area contributed by atoms with Crippen LogP contribution in [0.25, 0.3) is 10.9 Å². The first-order valence-corrected chi connectivity index (χ1v) is 11.4. The lowest BCUT2D eigenvalue weighted by Gasteiger charge is -2.33. The highest BCUT2D eigenvalue weighted by atomic mass is 16.5. The zero-order valence-electron chi connectivity index (χ0n) is 18.9. The van der Waals surface area contributed by atoms with E-state index in [0.717, 1.165) is 49.3 Å². The number of rotatable bonds is 6. The molecule has 5 rings (SSSR count). The molecule has 1 aromatic carbocycles. The fourth-order valence-corrected chi connectivity index (χ4v) is 5.18. The molecule has 31 heavy (non-hydrogen) atoms. The number of aliphatic imine (C=N–C) groups is 1. The molecular formula is C26H31N3O2. The van der Waals surface area contributed by atoms with E-state index in [1.807, 2.05) is 19.1 Å². The molecule has 5 heteroatoms. The Kier molecular flexibility index (Phi) is 5.09. The summed E-state index contributed by atoms with van der Waals surface area (Å²) in [6.45, 7) is 9.42. The number of benzene rings is 1. The second kappa shape index (κ2) is 7.79. The minimum Gasteiger partial charge on any atom is -0.497 e. The zero-order valence-corrected chi connectivity index (χ0v) is 18.9. The van der Waals surface area contributed by atoms with Crippen LogP contribution in [0.15, 0.2) is 46.5 Å². The molecular weight excluding hydrogens is 386 g/mol. The molecule has 5 nitrogen and oxygen atoms in total. The standard InChI is InChI=1S/C26H31N3O2/c1-15(2)20-13-25(30)16(3)11-21(20)24(29-9-10-29)14-23-26-19(7-8-27-23)18-6-5-17(31-4)12-22(18)28-26/h5-6,11-13,15,21,24,28H,7-10,14H2,1-4H3. The molecule has 1 aliphatic carbocycles. The van der Waals surface area contributed by atoms with E-state index >= 15 is 0 Å². The highest BCUT2D eigenvalue weighted by Gasteiger charge is 2.38. The fraction of sp³-hybridized carbons (Fsp3) is 0.462. The SMILES string of the molecule is COc1ccc2c3c([nH]c2c1)C(CC(C1C=C(C)C(=O)C=C1C(C)C)N1CC1)=NCC3. The third kappa shape index (κ3) is 3.65. The lowest BCUT2D eigenvalue weighted by Crippen LogP contribution is -2.35. The number of carbonyl (C=O) groups is 1. The van der Waals surface area contributed by atoms with Gasteiger partial charge in [-0.1, -0.05) is 25.5 Å². The number of ketones is 1. The Morgan fingerprint density at radius 3 is 2.81 bits per heavy atom. The molecule has 1 saturated heterocycles. The number of hydrogen-bond donors (Lipinski definition) is 1.